The van der Waals surface area contributed by atoms with Gasteiger partial charge in [-0.05, 0) is 26.1 Å². The summed E-state index contributed by atoms with van der Waals surface area (Å²) < 4.78 is 32.3. The van der Waals surface area contributed by atoms with E-state index in [4.69, 9.17) is 16.3 Å². The summed E-state index contributed by atoms with van der Waals surface area (Å²) in [7, 11) is -1.55. The maximum atomic E-state index is 12.7. The van der Waals surface area contributed by atoms with Crippen LogP contribution in [0.15, 0.2) is 23.1 Å². The van der Waals surface area contributed by atoms with E-state index in [2.05, 4.69) is 4.90 Å². The van der Waals surface area contributed by atoms with Gasteiger partial charge in [-0.25, -0.2) is 8.42 Å². The molecule has 0 N–H and O–H groups in total. The van der Waals surface area contributed by atoms with Gasteiger partial charge in [0.15, 0.2) is 0 Å². The third-order valence-corrected chi connectivity index (χ3v) is 5.46. The Hall–Kier alpha value is -0.820. The third-order valence-electron chi connectivity index (χ3n) is 3.29. The van der Waals surface area contributed by atoms with Crippen molar-refractivity contribution in [3.8, 4) is 5.75 Å². The number of sulfonamides is 1. The maximum absolute atomic E-state index is 12.7. The summed E-state index contributed by atoms with van der Waals surface area (Å²) in [5.74, 6) is 0.318. The predicted octanol–water partition coefficient (Wildman–Crippen LogP) is 1.67. The molecular weight excluding hydrogens is 300 g/mol. The number of hydrogen-bond donors (Lipinski definition) is 0. The van der Waals surface area contributed by atoms with Crippen molar-refractivity contribution < 1.29 is 13.2 Å². The highest BCUT2D eigenvalue weighted by Crippen LogP contribution is 2.30. The highest BCUT2D eigenvalue weighted by atomic mass is 35.5. The van der Waals surface area contributed by atoms with Gasteiger partial charge >= 0.3 is 0 Å². The van der Waals surface area contributed by atoms with Crippen LogP contribution in [0.2, 0.25) is 5.02 Å². The van der Waals surface area contributed by atoms with E-state index in [0.29, 0.717) is 30.5 Å². The molecule has 0 amide bonds. The first kappa shape index (κ1) is 15.6. The zero-order valence-electron chi connectivity index (χ0n) is 11.7. The molecule has 2 rings (SSSR count). The number of benzene rings is 1. The lowest BCUT2D eigenvalue weighted by Gasteiger charge is -2.31. The second kappa shape index (κ2) is 6.30. The van der Waals surface area contributed by atoms with Crippen LogP contribution in [0.5, 0.6) is 5.75 Å². The van der Waals surface area contributed by atoms with Crippen LogP contribution in [-0.2, 0) is 10.0 Å². The van der Waals surface area contributed by atoms with Gasteiger partial charge in [0.25, 0.3) is 0 Å². The molecule has 7 heteroatoms. The molecule has 0 aromatic heterocycles. The highest BCUT2D eigenvalue weighted by molar-refractivity contribution is 7.89. The zero-order valence-corrected chi connectivity index (χ0v) is 13.2. The summed E-state index contributed by atoms with van der Waals surface area (Å²) in [6, 6.07) is 4.64. The Morgan fingerprint density at radius 3 is 2.50 bits per heavy atom. The van der Waals surface area contributed by atoms with Crippen LogP contribution in [0.1, 0.15) is 6.92 Å². The average Bonchev–Trinajstić information content (AvgIpc) is 2.39. The minimum Gasteiger partial charge on any atom is -0.492 e. The van der Waals surface area contributed by atoms with Gasteiger partial charge in [0.05, 0.1) is 6.61 Å². The fourth-order valence-electron chi connectivity index (χ4n) is 2.13. The minimum atomic E-state index is -3.53. The van der Waals surface area contributed by atoms with Crippen molar-refractivity contribution in [2.75, 3.05) is 39.8 Å². The van der Waals surface area contributed by atoms with Crippen molar-refractivity contribution in [2.24, 2.45) is 0 Å². The Bertz CT molecular complexity index is 569. The molecule has 1 aromatic carbocycles. The maximum Gasteiger partial charge on any atom is 0.246 e. The summed E-state index contributed by atoms with van der Waals surface area (Å²) in [4.78, 5) is 2.30. The van der Waals surface area contributed by atoms with Crippen LogP contribution in [0.4, 0.5) is 0 Å². The Morgan fingerprint density at radius 1 is 1.25 bits per heavy atom. The van der Waals surface area contributed by atoms with Gasteiger partial charge in [0, 0.05) is 37.3 Å². The number of nitrogens with zero attached hydrogens (tertiary/aromatic N) is 2. The molecule has 0 bridgehead atoms. The molecule has 0 atom stereocenters. The number of likely N-dealkylation sites (N-methyl/N-ethyl adjacent to an activating group) is 1. The first-order valence-corrected chi connectivity index (χ1v) is 8.38. The first-order valence-electron chi connectivity index (χ1n) is 6.56. The van der Waals surface area contributed by atoms with E-state index in [1.807, 2.05) is 14.0 Å². The fourth-order valence-corrected chi connectivity index (χ4v) is 3.83. The van der Waals surface area contributed by atoms with Gasteiger partial charge in [0.2, 0.25) is 10.0 Å². The Balaban J connectivity index is 2.34. The fraction of sp³-hybridized carbons (Fsp3) is 0.538. The number of rotatable bonds is 4. The van der Waals surface area contributed by atoms with E-state index >= 15 is 0 Å². The molecule has 112 valence electrons. The molecular formula is C13H19ClN2O3S. The van der Waals surface area contributed by atoms with Crippen molar-refractivity contribution in [3.05, 3.63) is 23.2 Å². The molecule has 1 aliphatic heterocycles. The monoisotopic (exact) mass is 318 g/mol. The number of halogens is 1. The Morgan fingerprint density at radius 2 is 1.90 bits per heavy atom. The molecule has 1 aliphatic rings. The number of ether oxygens (including phenoxy) is 1. The predicted molar refractivity (Wildman–Crippen MR) is 78.9 cm³/mol. The lowest BCUT2D eigenvalue weighted by Crippen LogP contribution is -2.47. The average molecular weight is 319 g/mol. The van der Waals surface area contributed by atoms with Crippen molar-refractivity contribution in [1.29, 1.82) is 0 Å². The van der Waals surface area contributed by atoms with E-state index in [1.54, 1.807) is 12.1 Å². The van der Waals surface area contributed by atoms with Gasteiger partial charge in [-0.15, -0.1) is 0 Å². The number of hydrogen-bond acceptors (Lipinski definition) is 4. The van der Waals surface area contributed by atoms with Crippen molar-refractivity contribution >= 4 is 21.6 Å². The van der Waals surface area contributed by atoms with E-state index < -0.39 is 10.0 Å². The smallest absolute Gasteiger partial charge is 0.246 e. The van der Waals surface area contributed by atoms with Crippen LogP contribution >= 0.6 is 11.6 Å². The standard InChI is InChI=1S/C13H19ClN2O3S/c1-3-19-12-10-11(14)4-5-13(12)20(17,18)16-8-6-15(2)7-9-16/h4-5,10H,3,6-9H2,1-2H3. The molecule has 0 aliphatic carbocycles. The van der Waals surface area contributed by atoms with Gasteiger partial charge in [-0.3, -0.25) is 0 Å². The SMILES string of the molecule is CCOc1cc(Cl)ccc1S(=O)(=O)N1CCN(C)CC1. The van der Waals surface area contributed by atoms with Crippen LogP contribution in [0.3, 0.4) is 0 Å². The molecule has 20 heavy (non-hydrogen) atoms. The normalized spacial score (nSPS) is 18.1. The van der Waals surface area contributed by atoms with Gasteiger partial charge < -0.3 is 9.64 Å². The Kier molecular flexibility index (Phi) is 4.90. The van der Waals surface area contributed by atoms with Crippen LogP contribution < -0.4 is 4.74 Å². The summed E-state index contributed by atoms with van der Waals surface area (Å²) in [6.07, 6.45) is 0. The summed E-state index contributed by atoms with van der Waals surface area (Å²) in [6.45, 7) is 4.66. The summed E-state index contributed by atoms with van der Waals surface area (Å²) >= 11 is 5.91. The van der Waals surface area contributed by atoms with Crippen molar-refractivity contribution in [3.63, 3.8) is 0 Å². The lowest BCUT2D eigenvalue weighted by molar-refractivity contribution is 0.222. The summed E-state index contributed by atoms with van der Waals surface area (Å²) in [5, 5.41) is 0.464. The molecule has 0 radical (unpaired) electrons. The Labute approximate surface area is 125 Å². The molecule has 0 unspecified atom stereocenters. The van der Waals surface area contributed by atoms with Crippen molar-refractivity contribution in [2.45, 2.75) is 11.8 Å². The second-order valence-corrected chi connectivity index (χ2v) is 7.07. The minimum absolute atomic E-state index is 0.188. The molecule has 1 fully saturated rings. The van der Waals surface area contributed by atoms with Crippen molar-refractivity contribution in [1.82, 2.24) is 9.21 Å². The molecule has 1 heterocycles. The first-order chi connectivity index (χ1) is 9.45. The van der Waals surface area contributed by atoms with Crippen LogP contribution in [0, 0.1) is 0 Å². The molecule has 1 saturated heterocycles. The van der Waals surface area contributed by atoms with Gasteiger partial charge in [0.1, 0.15) is 10.6 Å². The highest BCUT2D eigenvalue weighted by Gasteiger charge is 2.30. The van der Waals surface area contributed by atoms with Crippen LogP contribution in [-0.4, -0.2) is 57.5 Å². The lowest BCUT2D eigenvalue weighted by atomic mass is 10.3. The van der Waals surface area contributed by atoms with Gasteiger partial charge in [-0.2, -0.15) is 4.31 Å². The largest absolute Gasteiger partial charge is 0.492 e. The molecule has 0 saturated carbocycles. The van der Waals surface area contributed by atoms with Gasteiger partial charge in [-0.1, -0.05) is 11.6 Å². The second-order valence-electron chi connectivity index (χ2n) is 4.73. The zero-order chi connectivity index (χ0) is 14.8. The molecule has 0 spiro atoms. The quantitative estimate of drug-likeness (QED) is 0.847. The van der Waals surface area contributed by atoms with Crippen LogP contribution in [0.25, 0.3) is 0 Å². The topological polar surface area (TPSA) is 49.9 Å². The number of piperazine rings is 1. The summed E-state index contributed by atoms with van der Waals surface area (Å²) in [5.41, 5.74) is 0. The van der Waals surface area contributed by atoms with E-state index in [0.717, 1.165) is 13.1 Å². The third kappa shape index (κ3) is 3.25. The van der Waals surface area contributed by atoms with E-state index in [9.17, 15) is 8.42 Å². The van der Waals surface area contributed by atoms with E-state index in [-0.39, 0.29) is 4.90 Å². The molecule has 5 nitrogen and oxygen atoms in total. The molecule has 1 aromatic rings. The van der Waals surface area contributed by atoms with E-state index in [1.165, 1.54) is 10.4 Å².